The molecule has 1 aromatic carbocycles. The molecule has 1 fully saturated rings. The fourth-order valence-corrected chi connectivity index (χ4v) is 2.90. The molecule has 1 saturated heterocycles. The van der Waals surface area contributed by atoms with Crippen molar-refractivity contribution >= 4 is 17.8 Å². The van der Waals surface area contributed by atoms with Crippen LogP contribution in [0.5, 0.6) is 0 Å². The van der Waals surface area contributed by atoms with Crippen molar-refractivity contribution in [3.8, 4) is 0 Å². The van der Waals surface area contributed by atoms with E-state index in [1.54, 1.807) is 11.9 Å². The summed E-state index contributed by atoms with van der Waals surface area (Å²) >= 11 is 0. The second kappa shape index (κ2) is 8.23. The van der Waals surface area contributed by atoms with E-state index in [1.165, 1.54) is 5.56 Å². The van der Waals surface area contributed by atoms with Crippen LogP contribution in [0.4, 0.5) is 15.3 Å². The second-order valence-electron chi connectivity index (χ2n) is 7.52. The van der Waals surface area contributed by atoms with Crippen LogP contribution in [-0.4, -0.2) is 42.8 Å². The van der Waals surface area contributed by atoms with Gasteiger partial charge >= 0.3 is 12.1 Å². The number of benzene rings is 1. The number of nitrogens with zero attached hydrogens (tertiary/aromatic N) is 1. The maximum atomic E-state index is 12.1. The molecule has 0 saturated carbocycles. The van der Waals surface area contributed by atoms with Crippen LogP contribution in [0.1, 0.15) is 39.2 Å². The molecule has 6 nitrogen and oxygen atoms in total. The number of ether oxygens (including phenoxy) is 1. The number of carbonyl (C=O) groups is 2. The Morgan fingerprint density at radius 3 is 2.28 bits per heavy atom. The van der Waals surface area contributed by atoms with Crippen molar-refractivity contribution in [2.75, 3.05) is 25.5 Å². The lowest BCUT2D eigenvalue weighted by molar-refractivity contribution is 0.0184. The van der Waals surface area contributed by atoms with Crippen molar-refractivity contribution in [3.63, 3.8) is 0 Å². The topological polar surface area (TPSA) is 70.7 Å². The van der Waals surface area contributed by atoms with E-state index in [0.29, 0.717) is 5.92 Å². The third-order valence-electron chi connectivity index (χ3n) is 4.23. The van der Waals surface area contributed by atoms with E-state index in [-0.39, 0.29) is 12.1 Å². The summed E-state index contributed by atoms with van der Waals surface area (Å²) in [7, 11) is 1.59. The van der Waals surface area contributed by atoms with Crippen LogP contribution in [0, 0.1) is 5.92 Å². The van der Waals surface area contributed by atoms with E-state index in [4.69, 9.17) is 4.74 Å². The van der Waals surface area contributed by atoms with Gasteiger partial charge in [0.1, 0.15) is 5.60 Å². The molecule has 0 aromatic heterocycles. The van der Waals surface area contributed by atoms with Crippen molar-refractivity contribution in [3.05, 3.63) is 29.8 Å². The minimum absolute atomic E-state index is 0.212. The highest BCUT2D eigenvalue weighted by Gasteiger charge is 2.26. The number of rotatable bonds is 3. The fraction of sp³-hybridized carbons (Fsp3) is 0.579. The number of nitrogens with one attached hydrogen (secondary N) is 2. The fourth-order valence-electron chi connectivity index (χ4n) is 2.90. The summed E-state index contributed by atoms with van der Waals surface area (Å²) in [6.45, 7) is 7.16. The lowest BCUT2D eigenvalue weighted by Gasteiger charge is -2.33. The third kappa shape index (κ3) is 6.29. The van der Waals surface area contributed by atoms with Crippen LogP contribution in [-0.2, 0) is 11.2 Å². The number of hydrogen-bond acceptors (Lipinski definition) is 3. The Morgan fingerprint density at radius 1 is 1.16 bits per heavy atom. The molecule has 1 aliphatic heterocycles. The molecule has 0 spiro atoms. The number of amides is 3. The Kier molecular flexibility index (Phi) is 6.28. The molecule has 6 heteroatoms. The van der Waals surface area contributed by atoms with Gasteiger partial charge in [0, 0.05) is 25.8 Å². The zero-order valence-corrected chi connectivity index (χ0v) is 15.6. The smallest absolute Gasteiger partial charge is 0.410 e. The predicted octanol–water partition coefficient (Wildman–Crippen LogP) is 3.63. The Bertz CT molecular complexity index is 585. The molecule has 2 rings (SSSR count). The number of urea groups is 1. The zero-order chi connectivity index (χ0) is 18.4. The van der Waals surface area contributed by atoms with Crippen molar-refractivity contribution in [2.45, 2.75) is 45.6 Å². The van der Waals surface area contributed by atoms with Gasteiger partial charge in [0.2, 0.25) is 0 Å². The monoisotopic (exact) mass is 347 g/mol. The van der Waals surface area contributed by atoms with E-state index in [9.17, 15) is 9.59 Å². The van der Waals surface area contributed by atoms with Crippen LogP contribution in [0.25, 0.3) is 0 Å². The van der Waals surface area contributed by atoms with Gasteiger partial charge in [-0.3, -0.25) is 0 Å². The molecule has 0 atom stereocenters. The molecule has 1 heterocycles. The molecule has 1 aromatic rings. The van der Waals surface area contributed by atoms with Crippen molar-refractivity contribution in [1.82, 2.24) is 10.2 Å². The Labute approximate surface area is 149 Å². The lowest BCUT2D eigenvalue weighted by atomic mass is 9.90. The summed E-state index contributed by atoms with van der Waals surface area (Å²) in [6, 6.07) is 7.71. The first-order chi connectivity index (χ1) is 11.8. The van der Waals surface area contributed by atoms with Crippen molar-refractivity contribution < 1.29 is 14.3 Å². The molecule has 1 aliphatic rings. The van der Waals surface area contributed by atoms with Gasteiger partial charge < -0.3 is 20.3 Å². The van der Waals surface area contributed by atoms with Gasteiger partial charge in [-0.25, -0.2) is 9.59 Å². The number of piperidine rings is 1. The summed E-state index contributed by atoms with van der Waals surface area (Å²) in [6.07, 6.45) is 2.74. The van der Waals surface area contributed by atoms with Crippen molar-refractivity contribution in [1.29, 1.82) is 0 Å². The minimum Gasteiger partial charge on any atom is -0.444 e. The average Bonchev–Trinajstić information content (AvgIpc) is 2.55. The van der Waals surface area contributed by atoms with Gasteiger partial charge in [0.15, 0.2) is 0 Å². The Morgan fingerprint density at radius 2 is 1.76 bits per heavy atom. The first kappa shape index (κ1) is 19.1. The number of hydrogen-bond donors (Lipinski definition) is 2. The SMILES string of the molecule is CNC(=O)Nc1ccc(CC2CCN(C(=O)OC(C)(C)C)CC2)cc1. The first-order valence-corrected chi connectivity index (χ1v) is 8.82. The predicted molar refractivity (Wildman–Crippen MR) is 98.8 cm³/mol. The lowest BCUT2D eigenvalue weighted by Crippen LogP contribution is -2.42. The highest BCUT2D eigenvalue weighted by atomic mass is 16.6. The van der Waals surface area contributed by atoms with E-state index in [1.807, 2.05) is 45.0 Å². The maximum Gasteiger partial charge on any atom is 0.410 e. The molecular weight excluding hydrogens is 318 g/mol. The Balaban J connectivity index is 1.80. The summed E-state index contributed by atoms with van der Waals surface area (Å²) in [4.78, 5) is 25.2. The number of likely N-dealkylation sites (tertiary alicyclic amines) is 1. The van der Waals surface area contributed by atoms with Gasteiger partial charge in [-0.05, 0) is 63.6 Å². The molecule has 3 amide bonds. The van der Waals surface area contributed by atoms with Crippen molar-refractivity contribution in [2.24, 2.45) is 5.92 Å². The van der Waals surface area contributed by atoms with Gasteiger partial charge in [0.05, 0.1) is 0 Å². The van der Waals surface area contributed by atoms with Gasteiger partial charge in [-0.15, -0.1) is 0 Å². The molecule has 2 N–H and O–H groups in total. The largest absolute Gasteiger partial charge is 0.444 e. The molecule has 0 radical (unpaired) electrons. The van der Waals surface area contributed by atoms with Crippen LogP contribution >= 0.6 is 0 Å². The van der Waals surface area contributed by atoms with Crippen LogP contribution in [0.3, 0.4) is 0 Å². The molecule has 25 heavy (non-hydrogen) atoms. The average molecular weight is 347 g/mol. The summed E-state index contributed by atoms with van der Waals surface area (Å²) in [5.74, 6) is 0.566. The van der Waals surface area contributed by atoms with E-state index in [2.05, 4.69) is 10.6 Å². The van der Waals surface area contributed by atoms with Crippen LogP contribution in [0.15, 0.2) is 24.3 Å². The van der Waals surface area contributed by atoms with Crippen LogP contribution < -0.4 is 10.6 Å². The number of carbonyl (C=O) groups excluding carboxylic acids is 2. The zero-order valence-electron chi connectivity index (χ0n) is 15.6. The molecule has 0 aliphatic carbocycles. The summed E-state index contributed by atoms with van der Waals surface area (Å²) in [5.41, 5.74) is 1.58. The first-order valence-electron chi connectivity index (χ1n) is 8.82. The summed E-state index contributed by atoms with van der Waals surface area (Å²) < 4.78 is 5.43. The number of anilines is 1. The molecule has 0 bridgehead atoms. The Hall–Kier alpha value is -2.24. The maximum absolute atomic E-state index is 12.1. The van der Waals surface area contributed by atoms with Gasteiger partial charge in [-0.2, -0.15) is 0 Å². The van der Waals surface area contributed by atoms with Crippen LogP contribution in [0.2, 0.25) is 0 Å². The van der Waals surface area contributed by atoms with Gasteiger partial charge in [0.25, 0.3) is 0 Å². The minimum atomic E-state index is -0.446. The van der Waals surface area contributed by atoms with Gasteiger partial charge in [-0.1, -0.05) is 12.1 Å². The normalized spacial score (nSPS) is 15.6. The second-order valence-corrected chi connectivity index (χ2v) is 7.52. The van der Waals surface area contributed by atoms with E-state index in [0.717, 1.165) is 38.0 Å². The van der Waals surface area contributed by atoms with E-state index >= 15 is 0 Å². The molecular formula is C19H29N3O3. The highest BCUT2D eigenvalue weighted by molar-refractivity contribution is 5.88. The standard InChI is InChI=1S/C19H29N3O3/c1-19(2,3)25-18(24)22-11-9-15(10-12-22)13-14-5-7-16(8-6-14)21-17(23)20-4/h5-8,15H,9-13H2,1-4H3,(H2,20,21,23). The highest BCUT2D eigenvalue weighted by Crippen LogP contribution is 2.23. The summed E-state index contributed by atoms with van der Waals surface area (Å²) in [5, 5.41) is 5.28. The third-order valence-corrected chi connectivity index (χ3v) is 4.23. The van der Waals surface area contributed by atoms with E-state index < -0.39 is 5.60 Å². The molecule has 138 valence electrons. The molecule has 0 unspecified atom stereocenters. The quantitative estimate of drug-likeness (QED) is 0.877.